The van der Waals surface area contributed by atoms with Crippen molar-refractivity contribution in [2.24, 2.45) is 0 Å². The Labute approximate surface area is 188 Å². The second kappa shape index (κ2) is 10.6. The van der Waals surface area contributed by atoms with Crippen LogP contribution < -0.4 is 10.6 Å². The average molecular weight is 436 g/mol. The van der Waals surface area contributed by atoms with Crippen LogP contribution in [-0.2, 0) is 4.79 Å². The molecule has 2 aromatic heterocycles. The molecule has 2 aromatic rings. The number of carbonyl (C=O) groups is 2. The largest absolute Gasteiger partial charge is 0.505 e. The fourth-order valence-electron chi connectivity index (χ4n) is 4.26. The van der Waals surface area contributed by atoms with Gasteiger partial charge in [0.05, 0.1) is 0 Å². The Bertz CT molecular complexity index is 1060. The number of pyridine rings is 1. The first-order valence-corrected chi connectivity index (χ1v) is 10.9. The zero-order chi connectivity index (χ0) is 23.1. The number of aromatic nitrogens is 2. The molecule has 0 unspecified atom stereocenters. The number of hydrogen-bond acceptors (Lipinski definition) is 5. The molecular weight excluding hydrogens is 406 g/mol. The van der Waals surface area contributed by atoms with Crippen molar-refractivity contribution in [1.29, 1.82) is 5.26 Å². The van der Waals surface area contributed by atoms with Gasteiger partial charge in [-0.3, -0.25) is 9.59 Å². The summed E-state index contributed by atoms with van der Waals surface area (Å²) in [7, 11) is 0. The number of nitrogens with zero attached hydrogens (tertiary/aromatic N) is 3. The van der Waals surface area contributed by atoms with Crippen LogP contribution in [0.5, 0.6) is 5.75 Å². The Balaban J connectivity index is 1.59. The maximum Gasteiger partial charge on any atom is 0.273 e. The lowest BCUT2D eigenvalue weighted by Gasteiger charge is -2.26. The molecule has 8 nitrogen and oxygen atoms in total. The van der Waals surface area contributed by atoms with Crippen LogP contribution >= 0.6 is 0 Å². The summed E-state index contributed by atoms with van der Waals surface area (Å²) in [5.74, 6) is -1.25. The summed E-state index contributed by atoms with van der Waals surface area (Å²) >= 11 is 0. The summed E-state index contributed by atoms with van der Waals surface area (Å²) in [6.07, 6.45) is 9.10. The van der Waals surface area contributed by atoms with Crippen molar-refractivity contribution in [3.63, 3.8) is 0 Å². The van der Waals surface area contributed by atoms with Gasteiger partial charge < -0.3 is 20.3 Å². The van der Waals surface area contributed by atoms with Gasteiger partial charge in [0, 0.05) is 36.7 Å². The Morgan fingerprint density at radius 3 is 2.66 bits per heavy atom. The highest BCUT2D eigenvalue weighted by atomic mass is 16.3. The molecule has 1 aliphatic rings. The van der Waals surface area contributed by atoms with Crippen LogP contribution in [-0.4, -0.2) is 39.6 Å². The fourth-order valence-corrected chi connectivity index (χ4v) is 4.26. The molecule has 0 saturated heterocycles. The van der Waals surface area contributed by atoms with E-state index in [-0.39, 0.29) is 30.1 Å². The van der Waals surface area contributed by atoms with E-state index in [2.05, 4.69) is 27.1 Å². The van der Waals surface area contributed by atoms with Crippen LogP contribution in [0.3, 0.4) is 0 Å². The molecule has 2 heterocycles. The van der Waals surface area contributed by atoms with E-state index in [1.54, 1.807) is 6.08 Å². The Hall–Kier alpha value is -3.60. The van der Waals surface area contributed by atoms with Crippen molar-refractivity contribution >= 4 is 17.9 Å². The molecule has 0 radical (unpaired) electrons. The smallest absolute Gasteiger partial charge is 0.273 e. The quantitative estimate of drug-likeness (QED) is 0.351. The van der Waals surface area contributed by atoms with Gasteiger partial charge in [0.25, 0.3) is 11.8 Å². The zero-order valence-electron chi connectivity index (χ0n) is 18.5. The second-order valence-corrected chi connectivity index (χ2v) is 8.04. The van der Waals surface area contributed by atoms with Gasteiger partial charge in [-0.15, -0.1) is 0 Å². The third-order valence-corrected chi connectivity index (χ3v) is 5.83. The van der Waals surface area contributed by atoms with Gasteiger partial charge >= 0.3 is 0 Å². The fraction of sp³-hybridized carbons (Fsp3) is 0.417. The molecule has 0 atom stereocenters. The molecule has 0 aliphatic heterocycles. The van der Waals surface area contributed by atoms with Gasteiger partial charge in [0.1, 0.15) is 17.4 Å². The predicted molar refractivity (Wildman–Crippen MR) is 121 cm³/mol. The third kappa shape index (κ3) is 5.35. The summed E-state index contributed by atoms with van der Waals surface area (Å²) in [5.41, 5.74) is 3.02. The average Bonchev–Trinajstić information content (AvgIpc) is 3.08. The highest BCUT2D eigenvalue weighted by Gasteiger charge is 2.20. The molecule has 0 spiro atoms. The lowest BCUT2D eigenvalue weighted by Crippen LogP contribution is -2.35. The number of nitriles is 1. The molecule has 168 valence electrons. The number of nitrogens with one attached hydrogen (secondary N) is 2. The van der Waals surface area contributed by atoms with E-state index in [0.717, 1.165) is 29.8 Å². The number of aryl methyl sites for hydroxylation is 1. The molecule has 1 saturated carbocycles. The van der Waals surface area contributed by atoms with Gasteiger partial charge in [-0.25, -0.2) is 4.98 Å². The molecule has 0 bridgehead atoms. The maximum atomic E-state index is 12.5. The topological polar surface area (TPSA) is 120 Å². The predicted octanol–water partition coefficient (Wildman–Crippen LogP) is 3.16. The minimum absolute atomic E-state index is 0.0163. The van der Waals surface area contributed by atoms with Crippen LogP contribution in [0.25, 0.3) is 6.08 Å². The van der Waals surface area contributed by atoms with E-state index in [9.17, 15) is 20.0 Å². The standard InChI is InChI=1S/C24H29N5O3/c1-16-13-18(17(2)29(16)20-7-4-3-5-8-20)14-19(15-25)23(31)27-11-12-28-24(32)22-21(30)9-6-10-26-22/h6,9-10,13-14,20,30H,3-5,7-8,11-12H2,1-2H3,(H,27,31)(H,28,32)/b19-14-. The monoisotopic (exact) mass is 435 g/mol. The van der Waals surface area contributed by atoms with Crippen molar-refractivity contribution in [2.45, 2.75) is 52.0 Å². The van der Waals surface area contributed by atoms with Gasteiger partial charge in [-0.05, 0) is 56.5 Å². The molecule has 32 heavy (non-hydrogen) atoms. The molecule has 0 aromatic carbocycles. The highest BCUT2D eigenvalue weighted by molar-refractivity contribution is 6.01. The van der Waals surface area contributed by atoms with Crippen LogP contribution in [0, 0.1) is 25.2 Å². The Morgan fingerprint density at radius 2 is 1.97 bits per heavy atom. The maximum absolute atomic E-state index is 12.5. The van der Waals surface area contributed by atoms with Gasteiger partial charge in [-0.2, -0.15) is 5.26 Å². The Morgan fingerprint density at radius 1 is 1.25 bits per heavy atom. The Kier molecular flexibility index (Phi) is 7.66. The van der Waals surface area contributed by atoms with E-state index >= 15 is 0 Å². The third-order valence-electron chi connectivity index (χ3n) is 5.83. The highest BCUT2D eigenvalue weighted by Crippen LogP contribution is 2.32. The van der Waals surface area contributed by atoms with Crippen molar-refractivity contribution in [1.82, 2.24) is 20.2 Å². The number of aromatic hydroxyl groups is 1. The van der Waals surface area contributed by atoms with Crippen molar-refractivity contribution in [2.75, 3.05) is 13.1 Å². The summed E-state index contributed by atoms with van der Waals surface area (Å²) in [5, 5.41) is 24.4. The lowest BCUT2D eigenvalue weighted by molar-refractivity contribution is -0.117. The molecular formula is C24H29N5O3. The minimum atomic E-state index is -0.538. The van der Waals surface area contributed by atoms with E-state index in [4.69, 9.17) is 0 Å². The molecule has 3 N–H and O–H groups in total. The van der Waals surface area contributed by atoms with E-state index < -0.39 is 11.8 Å². The van der Waals surface area contributed by atoms with Gasteiger partial charge in [-0.1, -0.05) is 19.3 Å². The number of carbonyl (C=O) groups excluding carboxylic acids is 2. The number of rotatable bonds is 7. The number of hydrogen-bond donors (Lipinski definition) is 3. The molecule has 2 amide bonds. The van der Waals surface area contributed by atoms with E-state index in [1.165, 1.54) is 37.6 Å². The minimum Gasteiger partial charge on any atom is -0.505 e. The first-order valence-electron chi connectivity index (χ1n) is 10.9. The zero-order valence-corrected chi connectivity index (χ0v) is 18.5. The second-order valence-electron chi connectivity index (χ2n) is 8.04. The van der Waals surface area contributed by atoms with Crippen LogP contribution in [0.1, 0.15) is 65.6 Å². The van der Waals surface area contributed by atoms with Gasteiger partial charge in [0.2, 0.25) is 0 Å². The molecule has 3 rings (SSSR count). The van der Waals surface area contributed by atoms with Crippen LogP contribution in [0.4, 0.5) is 0 Å². The lowest BCUT2D eigenvalue weighted by atomic mass is 9.95. The van der Waals surface area contributed by atoms with Crippen molar-refractivity contribution in [3.8, 4) is 11.8 Å². The first kappa shape index (κ1) is 23.1. The molecule has 1 aliphatic carbocycles. The van der Waals surface area contributed by atoms with Gasteiger partial charge in [0.15, 0.2) is 5.69 Å². The summed E-state index contributed by atoms with van der Waals surface area (Å²) in [4.78, 5) is 28.3. The van der Waals surface area contributed by atoms with Crippen molar-refractivity contribution in [3.05, 3.63) is 52.6 Å². The first-order chi connectivity index (χ1) is 15.4. The normalized spacial score (nSPS) is 14.6. The molecule has 1 fully saturated rings. The van der Waals surface area contributed by atoms with E-state index in [1.807, 2.05) is 19.1 Å². The van der Waals surface area contributed by atoms with Crippen molar-refractivity contribution < 1.29 is 14.7 Å². The molecule has 8 heteroatoms. The summed E-state index contributed by atoms with van der Waals surface area (Å²) < 4.78 is 2.33. The van der Waals surface area contributed by atoms with Crippen LogP contribution in [0.15, 0.2) is 30.0 Å². The SMILES string of the molecule is Cc1cc(/C=C(/C#N)C(=O)NCCNC(=O)c2ncccc2O)c(C)n1C1CCCCC1. The van der Waals surface area contributed by atoms with Crippen LogP contribution in [0.2, 0.25) is 0 Å². The number of amides is 2. The summed E-state index contributed by atoms with van der Waals surface area (Å²) in [6, 6.07) is 7.38. The van der Waals surface area contributed by atoms with E-state index in [0.29, 0.717) is 6.04 Å². The summed E-state index contributed by atoms with van der Waals surface area (Å²) in [6.45, 7) is 4.36.